The number of hydrogen-bond donors (Lipinski definition) is 1. The summed E-state index contributed by atoms with van der Waals surface area (Å²) < 4.78 is 7.17. The van der Waals surface area contributed by atoms with Crippen molar-refractivity contribution in [2.75, 3.05) is 13.2 Å². The maximum Gasteiger partial charge on any atom is 0.108 e. The van der Waals surface area contributed by atoms with Gasteiger partial charge in [0.15, 0.2) is 0 Å². The summed E-state index contributed by atoms with van der Waals surface area (Å²) in [7, 11) is 0. The lowest BCUT2D eigenvalue weighted by atomic mass is 10.2. The summed E-state index contributed by atoms with van der Waals surface area (Å²) >= 11 is 0. The van der Waals surface area contributed by atoms with Crippen molar-refractivity contribution in [1.82, 2.24) is 20.3 Å². The summed E-state index contributed by atoms with van der Waals surface area (Å²) in [5, 5.41) is 11.6. The third-order valence-corrected chi connectivity index (χ3v) is 2.61. The molecule has 0 unspecified atom stereocenters. The van der Waals surface area contributed by atoms with E-state index in [0.29, 0.717) is 12.6 Å². The SMILES string of the molecule is CCOCc1cn(C[C@@H]2CCCN2)nn1. The van der Waals surface area contributed by atoms with Crippen LogP contribution in [0.1, 0.15) is 25.5 Å². The molecular formula is C10H18N4O. The van der Waals surface area contributed by atoms with E-state index in [9.17, 15) is 0 Å². The van der Waals surface area contributed by atoms with Crippen LogP contribution in [0.25, 0.3) is 0 Å². The molecule has 1 saturated heterocycles. The Morgan fingerprint density at radius 2 is 2.60 bits per heavy atom. The van der Waals surface area contributed by atoms with Gasteiger partial charge in [0.25, 0.3) is 0 Å². The maximum atomic E-state index is 5.27. The molecule has 5 heteroatoms. The van der Waals surface area contributed by atoms with Gasteiger partial charge in [-0.3, -0.25) is 4.68 Å². The van der Waals surface area contributed by atoms with Crippen LogP contribution in [0.4, 0.5) is 0 Å². The molecule has 1 aromatic rings. The molecule has 2 heterocycles. The van der Waals surface area contributed by atoms with Crippen LogP contribution in [-0.4, -0.2) is 34.2 Å². The van der Waals surface area contributed by atoms with Gasteiger partial charge in [-0.15, -0.1) is 5.10 Å². The zero-order chi connectivity index (χ0) is 10.5. The first kappa shape index (κ1) is 10.6. The number of ether oxygens (including phenoxy) is 1. The molecule has 84 valence electrons. The normalized spacial score (nSPS) is 21.0. The summed E-state index contributed by atoms with van der Waals surface area (Å²) in [6.07, 6.45) is 4.47. The van der Waals surface area contributed by atoms with E-state index in [0.717, 1.165) is 25.4 Å². The van der Waals surface area contributed by atoms with Crippen LogP contribution in [-0.2, 0) is 17.9 Å². The van der Waals surface area contributed by atoms with Crippen molar-refractivity contribution in [3.8, 4) is 0 Å². The molecular weight excluding hydrogens is 192 g/mol. The lowest BCUT2D eigenvalue weighted by Gasteiger charge is -2.08. The van der Waals surface area contributed by atoms with Gasteiger partial charge in [0, 0.05) is 12.6 Å². The second-order valence-corrected chi connectivity index (χ2v) is 3.86. The van der Waals surface area contributed by atoms with Gasteiger partial charge in [-0.25, -0.2) is 0 Å². The van der Waals surface area contributed by atoms with E-state index < -0.39 is 0 Å². The van der Waals surface area contributed by atoms with Gasteiger partial charge in [0.2, 0.25) is 0 Å². The smallest absolute Gasteiger partial charge is 0.108 e. The van der Waals surface area contributed by atoms with Crippen molar-refractivity contribution in [2.45, 2.75) is 39.0 Å². The Morgan fingerprint density at radius 1 is 1.67 bits per heavy atom. The zero-order valence-corrected chi connectivity index (χ0v) is 9.15. The average molecular weight is 210 g/mol. The van der Waals surface area contributed by atoms with Crippen molar-refractivity contribution in [2.24, 2.45) is 0 Å². The summed E-state index contributed by atoms with van der Waals surface area (Å²) in [5.41, 5.74) is 0.912. The third kappa shape index (κ3) is 3.00. The Morgan fingerprint density at radius 3 is 3.33 bits per heavy atom. The molecule has 0 aliphatic carbocycles. The summed E-state index contributed by atoms with van der Waals surface area (Å²) in [6.45, 7) is 5.31. The summed E-state index contributed by atoms with van der Waals surface area (Å²) in [5.74, 6) is 0. The molecule has 0 saturated carbocycles. The quantitative estimate of drug-likeness (QED) is 0.772. The standard InChI is InChI=1S/C10H18N4O/c1-2-15-8-10-7-14(13-12-10)6-9-4-3-5-11-9/h7,9,11H,2-6,8H2,1H3/t9-/m0/s1. The van der Waals surface area contributed by atoms with E-state index in [1.54, 1.807) is 0 Å². The molecule has 0 spiro atoms. The molecule has 0 radical (unpaired) electrons. The first-order valence-electron chi connectivity index (χ1n) is 5.58. The predicted octanol–water partition coefficient (Wildman–Crippen LogP) is 0.567. The van der Waals surface area contributed by atoms with Crippen LogP contribution in [0.3, 0.4) is 0 Å². The Kier molecular flexibility index (Phi) is 3.69. The minimum atomic E-state index is 0.562. The molecule has 2 rings (SSSR count). The molecule has 1 N–H and O–H groups in total. The van der Waals surface area contributed by atoms with Crippen LogP contribution in [0, 0.1) is 0 Å². The van der Waals surface area contributed by atoms with E-state index in [4.69, 9.17) is 4.74 Å². The largest absolute Gasteiger partial charge is 0.375 e. The lowest BCUT2D eigenvalue weighted by molar-refractivity contribution is 0.131. The first-order chi connectivity index (χ1) is 7.38. The van der Waals surface area contributed by atoms with Crippen LogP contribution < -0.4 is 5.32 Å². The van der Waals surface area contributed by atoms with Gasteiger partial charge >= 0.3 is 0 Å². The number of nitrogens with zero attached hydrogens (tertiary/aromatic N) is 3. The average Bonchev–Trinajstić information content (AvgIpc) is 2.87. The monoisotopic (exact) mass is 210 g/mol. The van der Waals surface area contributed by atoms with Crippen LogP contribution in [0.5, 0.6) is 0 Å². The van der Waals surface area contributed by atoms with Gasteiger partial charge in [-0.05, 0) is 26.3 Å². The molecule has 1 aliphatic rings. The lowest BCUT2D eigenvalue weighted by Crippen LogP contribution is -2.26. The van der Waals surface area contributed by atoms with Gasteiger partial charge in [-0.2, -0.15) is 0 Å². The van der Waals surface area contributed by atoms with E-state index >= 15 is 0 Å². The summed E-state index contributed by atoms with van der Waals surface area (Å²) in [6, 6.07) is 0.562. The van der Waals surface area contributed by atoms with Crippen molar-refractivity contribution in [3.05, 3.63) is 11.9 Å². The van der Waals surface area contributed by atoms with Gasteiger partial charge < -0.3 is 10.1 Å². The second kappa shape index (κ2) is 5.23. The number of aromatic nitrogens is 3. The first-order valence-corrected chi connectivity index (χ1v) is 5.58. The molecule has 1 aliphatic heterocycles. The van der Waals surface area contributed by atoms with E-state index in [1.807, 2.05) is 17.8 Å². The van der Waals surface area contributed by atoms with E-state index in [-0.39, 0.29) is 0 Å². The minimum Gasteiger partial charge on any atom is -0.375 e. The molecule has 0 aromatic carbocycles. The maximum absolute atomic E-state index is 5.27. The fourth-order valence-corrected chi connectivity index (χ4v) is 1.84. The predicted molar refractivity (Wildman–Crippen MR) is 56.4 cm³/mol. The molecule has 1 fully saturated rings. The van der Waals surface area contributed by atoms with Gasteiger partial charge in [0.1, 0.15) is 5.69 Å². The highest BCUT2D eigenvalue weighted by molar-refractivity contribution is 4.90. The van der Waals surface area contributed by atoms with Crippen molar-refractivity contribution in [1.29, 1.82) is 0 Å². The Bertz CT molecular complexity index is 293. The highest BCUT2D eigenvalue weighted by Gasteiger charge is 2.14. The molecule has 1 aromatic heterocycles. The Hall–Kier alpha value is -0.940. The van der Waals surface area contributed by atoms with E-state index in [1.165, 1.54) is 12.8 Å². The van der Waals surface area contributed by atoms with Crippen molar-refractivity contribution >= 4 is 0 Å². The summed E-state index contributed by atoms with van der Waals surface area (Å²) in [4.78, 5) is 0. The highest BCUT2D eigenvalue weighted by Crippen LogP contribution is 2.07. The van der Waals surface area contributed by atoms with Crippen LogP contribution >= 0.6 is 0 Å². The number of hydrogen-bond acceptors (Lipinski definition) is 4. The van der Waals surface area contributed by atoms with Gasteiger partial charge in [-0.1, -0.05) is 5.21 Å². The molecule has 1 atom stereocenters. The number of nitrogens with one attached hydrogen (secondary N) is 1. The zero-order valence-electron chi connectivity index (χ0n) is 9.15. The van der Waals surface area contributed by atoms with Crippen molar-refractivity contribution in [3.63, 3.8) is 0 Å². The Balaban J connectivity index is 1.83. The second-order valence-electron chi connectivity index (χ2n) is 3.86. The van der Waals surface area contributed by atoms with E-state index in [2.05, 4.69) is 15.6 Å². The Labute approximate surface area is 89.8 Å². The van der Waals surface area contributed by atoms with Gasteiger partial charge in [0.05, 0.1) is 19.3 Å². The minimum absolute atomic E-state index is 0.562. The molecule has 5 nitrogen and oxygen atoms in total. The fraction of sp³-hybridized carbons (Fsp3) is 0.800. The molecule has 0 bridgehead atoms. The highest BCUT2D eigenvalue weighted by atomic mass is 16.5. The molecule has 0 amide bonds. The van der Waals surface area contributed by atoms with Crippen LogP contribution in [0.2, 0.25) is 0 Å². The number of rotatable bonds is 5. The third-order valence-electron chi connectivity index (χ3n) is 2.61. The van der Waals surface area contributed by atoms with Crippen molar-refractivity contribution < 1.29 is 4.74 Å². The topological polar surface area (TPSA) is 52.0 Å². The van der Waals surface area contributed by atoms with Crippen LogP contribution in [0.15, 0.2) is 6.20 Å². The fourth-order valence-electron chi connectivity index (χ4n) is 1.84. The molecule has 15 heavy (non-hydrogen) atoms.